The fourth-order valence-electron chi connectivity index (χ4n) is 4.28. The second kappa shape index (κ2) is 14.2. The summed E-state index contributed by atoms with van der Waals surface area (Å²) >= 11 is 0. The number of aliphatic hydroxyl groups is 6. The smallest absolute Gasteiger partial charge is 0.238 e. The zero-order chi connectivity index (χ0) is 27.8. The van der Waals surface area contributed by atoms with Crippen molar-refractivity contribution in [2.75, 3.05) is 33.0 Å². The zero-order valence-corrected chi connectivity index (χ0v) is 22.1. The topological polar surface area (TPSA) is 190 Å². The number of aliphatic hydroxyl groups excluding tert-OH is 6. The molecule has 1 aliphatic heterocycles. The lowest BCUT2D eigenvalue weighted by Crippen LogP contribution is -2.60. The van der Waals surface area contributed by atoms with Gasteiger partial charge in [-0.1, -0.05) is 19.9 Å². The van der Waals surface area contributed by atoms with E-state index in [4.69, 9.17) is 24.4 Å². The minimum atomic E-state index is -1.55. The number of hydrogen-bond donors (Lipinski definition) is 8. The summed E-state index contributed by atoms with van der Waals surface area (Å²) in [6.45, 7) is 6.29. The van der Waals surface area contributed by atoms with Gasteiger partial charge < -0.3 is 50.2 Å². The molecule has 8 N–H and O–H groups in total. The third kappa shape index (κ3) is 7.42. The van der Waals surface area contributed by atoms with E-state index in [1.54, 1.807) is 0 Å². The molecule has 3 rings (SSSR count). The largest absolute Gasteiger partial charge is 0.494 e. The number of H-pyrrole nitrogens is 1. The monoisotopic (exact) mass is 539 g/mol. The van der Waals surface area contributed by atoms with E-state index in [2.05, 4.69) is 15.5 Å². The molecule has 1 saturated heterocycles. The summed E-state index contributed by atoms with van der Waals surface area (Å²) in [5.41, 5.74) is 3.62. The highest BCUT2D eigenvalue weighted by molar-refractivity contribution is 5.42. The van der Waals surface area contributed by atoms with E-state index in [-0.39, 0.29) is 31.1 Å². The molecule has 1 aliphatic rings. The van der Waals surface area contributed by atoms with Crippen LogP contribution >= 0.6 is 0 Å². The molecule has 214 valence electrons. The van der Waals surface area contributed by atoms with Crippen LogP contribution in [0.2, 0.25) is 0 Å². The summed E-state index contributed by atoms with van der Waals surface area (Å²) in [5.74, 6) is 1.02. The molecule has 12 nitrogen and oxygen atoms in total. The van der Waals surface area contributed by atoms with Crippen LogP contribution in [0.1, 0.15) is 48.6 Å². The van der Waals surface area contributed by atoms with Gasteiger partial charge in [0, 0.05) is 17.7 Å². The molecule has 1 aromatic heterocycles. The third-order valence-electron chi connectivity index (χ3n) is 6.66. The minimum absolute atomic E-state index is 0.0948. The molecule has 1 aromatic carbocycles. The Kier molecular flexibility index (Phi) is 11.3. The second-order valence-corrected chi connectivity index (χ2v) is 9.87. The van der Waals surface area contributed by atoms with Gasteiger partial charge in [-0.2, -0.15) is 0 Å². The Balaban J connectivity index is 1.68. The Labute approximate surface area is 222 Å². The predicted molar refractivity (Wildman–Crippen MR) is 137 cm³/mol. The van der Waals surface area contributed by atoms with E-state index in [9.17, 15) is 20.4 Å². The van der Waals surface area contributed by atoms with Crippen LogP contribution in [0.5, 0.6) is 11.6 Å². The number of ether oxygens (including phenoxy) is 3. The van der Waals surface area contributed by atoms with Gasteiger partial charge in [0.05, 0.1) is 32.5 Å². The number of hydrogen-bond acceptors (Lipinski definition) is 11. The highest BCUT2D eigenvalue weighted by atomic mass is 16.7. The van der Waals surface area contributed by atoms with Crippen LogP contribution in [0.3, 0.4) is 0 Å². The van der Waals surface area contributed by atoms with Crippen LogP contribution in [0.15, 0.2) is 18.2 Å². The Bertz CT molecular complexity index is 996. The van der Waals surface area contributed by atoms with Crippen molar-refractivity contribution in [3.63, 3.8) is 0 Å². The van der Waals surface area contributed by atoms with Crippen molar-refractivity contribution in [1.82, 2.24) is 15.5 Å². The van der Waals surface area contributed by atoms with Gasteiger partial charge in [-0.15, -0.1) is 5.10 Å². The molecule has 2 heterocycles. The molecule has 5 atom stereocenters. The predicted octanol–water partition coefficient (Wildman–Crippen LogP) is -0.677. The van der Waals surface area contributed by atoms with Gasteiger partial charge in [-0.3, -0.25) is 5.10 Å². The number of aryl methyl sites for hydroxylation is 1. The van der Waals surface area contributed by atoms with Crippen molar-refractivity contribution in [3.8, 4) is 11.6 Å². The summed E-state index contributed by atoms with van der Waals surface area (Å²) in [7, 11) is 0. The first-order valence-electron chi connectivity index (χ1n) is 12.9. The van der Waals surface area contributed by atoms with E-state index in [1.165, 1.54) is 0 Å². The van der Waals surface area contributed by atoms with Crippen LogP contribution in [0, 0.1) is 6.92 Å². The number of benzene rings is 1. The fraction of sp³-hybridized carbons (Fsp3) is 0.654. The van der Waals surface area contributed by atoms with Gasteiger partial charge in [-0.05, 0) is 49.1 Å². The molecule has 0 bridgehead atoms. The van der Waals surface area contributed by atoms with E-state index >= 15 is 0 Å². The van der Waals surface area contributed by atoms with Crippen LogP contribution in [-0.2, 0) is 11.2 Å². The van der Waals surface area contributed by atoms with Crippen molar-refractivity contribution >= 4 is 0 Å². The summed E-state index contributed by atoms with van der Waals surface area (Å²) in [6.07, 6.45) is -5.79. The van der Waals surface area contributed by atoms with Gasteiger partial charge in [0.1, 0.15) is 30.2 Å². The molecule has 1 fully saturated rings. The first-order valence-corrected chi connectivity index (χ1v) is 12.9. The average Bonchev–Trinajstić information content (AvgIpc) is 3.30. The maximum absolute atomic E-state index is 10.4. The van der Waals surface area contributed by atoms with Crippen molar-refractivity contribution in [2.24, 2.45) is 0 Å². The Morgan fingerprint density at radius 1 is 1.08 bits per heavy atom. The maximum atomic E-state index is 10.4. The van der Waals surface area contributed by atoms with Crippen molar-refractivity contribution < 1.29 is 44.8 Å². The third-order valence-corrected chi connectivity index (χ3v) is 6.66. The molecule has 12 heteroatoms. The molecule has 2 aromatic rings. The van der Waals surface area contributed by atoms with Gasteiger partial charge in [0.2, 0.25) is 12.2 Å². The SMILES string of the molecule is Cc1cc(OCCCNC(CO)CO)ccc1Cc1c(OC2OC(CO)C(O)C(O)[C@H]2O)n[nH]c1C(C)C. The summed E-state index contributed by atoms with van der Waals surface area (Å²) in [4.78, 5) is 0. The van der Waals surface area contributed by atoms with Crippen molar-refractivity contribution in [1.29, 1.82) is 0 Å². The number of aromatic nitrogens is 2. The van der Waals surface area contributed by atoms with Gasteiger partial charge in [-0.25, -0.2) is 0 Å². The molecule has 0 spiro atoms. The average molecular weight is 540 g/mol. The van der Waals surface area contributed by atoms with Crippen molar-refractivity contribution in [2.45, 2.75) is 76.3 Å². The lowest BCUT2D eigenvalue weighted by Gasteiger charge is -2.39. The van der Waals surface area contributed by atoms with Gasteiger partial charge in [0.15, 0.2) is 0 Å². The number of rotatable bonds is 14. The molecule has 0 aliphatic carbocycles. The van der Waals surface area contributed by atoms with Crippen LogP contribution < -0.4 is 14.8 Å². The first kappa shape index (κ1) is 30.3. The van der Waals surface area contributed by atoms with E-state index in [1.807, 2.05) is 39.0 Å². The highest BCUT2D eigenvalue weighted by Crippen LogP contribution is 2.32. The highest BCUT2D eigenvalue weighted by Gasteiger charge is 2.45. The summed E-state index contributed by atoms with van der Waals surface area (Å²) in [5, 5.41) is 68.5. The lowest BCUT2D eigenvalue weighted by atomic mass is 9.96. The van der Waals surface area contributed by atoms with Crippen LogP contribution in [0.25, 0.3) is 0 Å². The normalized spacial score (nSPS) is 23.8. The van der Waals surface area contributed by atoms with Gasteiger partial charge in [0.25, 0.3) is 0 Å². The number of nitrogens with zero attached hydrogens (tertiary/aromatic N) is 1. The number of aromatic amines is 1. The zero-order valence-electron chi connectivity index (χ0n) is 22.1. The first-order chi connectivity index (χ1) is 18.2. The van der Waals surface area contributed by atoms with Crippen molar-refractivity contribution in [3.05, 3.63) is 40.6 Å². The summed E-state index contributed by atoms with van der Waals surface area (Å²) in [6, 6.07) is 5.46. The molecular weight excluding hydrogens is 498 g/mol. The Morgan fingerprint density at radius 2 is 1.82 bits per heavy atom. The summed E-state index contributed by atoms with van der Waals surface area (Å²) < 4.78 is 17.2. The number of nitrogens with one attached hydrogen (secondary N) is 2. The Morgan fingerprint density at radius 3 is 2.45 bits per heavy atom. The van der Waals surface area contributed by atoms with Crippen LogP contribution in [0.4, 0.5) is 0 Å². The standard InChI is InChI=1S/C26H41N3O9/c1-14(2)21-19(25(29-28-21)38-26-24(35)23(34)22(33)20(13-32)37-26)10-16-5-6-18(9-15(16)3)36-8-4-7-27-17(11-30)12-31/h5-6,9,14,17,20,22-24,26-27,30-35H,4,7-8,10-13H2,1-3H3,(H,28,29)/t20?,22?,23?,24-,26?/m1/s1. The second-order valence-electron chi connectivity index (χ2n) is 9.87. The fourth-order valence-corrected chi connectivity index (χ4v) is 4.28. The minimum Gasteiger partial charge on any atom is -0.494 e. The molecule has 0 saturated carbocycles. The quantitative estimate of drug-likeness (QED) is 0.142. The molecular formula is C26H41N3O9. The molecule has 4 unspecified atom stereocenters. The lowest BCUT2D eigenvalue weighted by molar-refractivity contribution is -0.278. The molecule has 38 heavy (non-hydrogen) atoms. The van der Waals surface area contributed by atoms with E-state index < -0.39 is 37.3 Å². The molecule has 0 radical (unpaired) electrons. The maximum Gasteiger partial charge on any atom is 0.238 e. The van der Waals surface area contributed by atoms with Crippen LogP contribution in [-0.4, -0.2) is 111 Å². The molecule has 0 amide bonds. The van der Waals surface area contributed by atoms with E-state index in [0.29, 0.717) is 26.0 Å². The Hall–Kier alpha value is -2.29. The van der Waals surface area contributed by atoms with E-state index in [0.717, 1.165) is 28.1 Å². The van der Waals surface area contributed by atoms with Gasteiger partial charge >= 0.3 is 0 Å².